The van der Waals surface area contributed by atoms with E-state index >= 15 is 0 Å². The summed E-state index contributed by atoms with van der Waals surface area (Å²) in [5, 5.41) is 1.32. The Labute approximate surface area is 223 Å². The van der Waals surface area contributed by atoms with E-state index in [-0.39, 0.29) is 10.5 Å². The van der Waals surface area contributed by atoms with Crippen molar-refractivity contribution in [1.29, 1.82) is 0 Å². The maximum absolute atomic E-state index is 13.2. The second-order valence-electron chi connectivity index (χ2n) is 9.58. The van der Waals surface area contributed by atoms with Crippen molar-refractivity contribution in [3.05, 3.63) is 88.1 Å². The smallest absolute Gasteiger partial charge is 0.225 e. The van der Waals surface area contributed by atoms with Gasteiger partial charge < -0.3 is 0 Å². The maximum atomic E-state index is 13.2. The van der Waals surface area contributed by atoms with Gasteiger partial charge >= 0.3 is 0 Å². The highest BCUT2D eigenvalue weighted by atomic mass is 32.2. The molecule has 2 nitrogen and oxygen atoms in total. The number of hydrogen-bond acceptors (Lipinski definition) is 4. The number of benzene rings is 3. The third-order valence-electron chi connectivity index (χ3n) is 6.78. The molecule has 0 fully saturated rings. The average Bonchev–Trinajstić information content (AvgIpc) is 2.90. The number of carbonyl (C=O) groups excluding carboxylic acids is 1. The molecule has 0 radical (unpaired) electrons. The monoisotopic (exact) mass is 516 g/mol. The van der Waals surface area contributed by atoms with Crippen LogP contribution in [0, 0.1) is 0 Å². The van der Waals surface area contributed by atoms with E-state index in [4.69, 9.17) is 0 Å². The molecule has 0 unspecified atom stereocenters. The van der Waals surface area contributed by atoms with Crippen molar-refractivity contribution >= 4 is 48.4 Å². The van der Waals surface area contributed by atoms with E-state index in [0.29, 0.717) is 16.3 Å². The lowest BCUT2D eigenvalue weighted by atomic mass is 10.0. The van der Waals surface area contributed by atoms with Crippen LogP contribution < -0.4 is 5.43 Å². The van der Waals surface area contributed by atoms with E-state index < -0.39 is 0 Å². The summed E-state index contributed by atoms with van der Waals surface area (Å²) >= 11 is 2.76. The number of carbonyl (C=O) groups is 1. The molecule has 0 bridgehead atoms. The standard InChI is InChI=1S/C32H36O2S2/c1-2-3-4-5-6-7-8-9-10-11-15-24-20-22-25(23-21-24)35-32(34)28-18-14-17-27-30(33)26-16-12-13-19-29(26)36-31(27)28/h12-14,16-23H,2-11,15H2,1H3. The molecule has 188 valence electrons. The summed E-state index contributed by atoms with van der Waals surface area (Å²) in [6.45, 7) is 2.27. The Morgan fingerprint density at radius 3 is 2.08 bits per heavy atom. The van der Waals surface area contributed by atoms with E-state index in [1.165, 1.54) is 92.9 Å². The van der Waals surface area contributed by atoms with Crippen molar-refractivity contribution < 1.29 is 4.79 Å². The largest absolute Gasteiger partial charge is 0.289 e. The minimum absolute atomic E-state index is 0.00433. The summed E-state index contributed by atoms with van der Waals surface area (Å²) in [5.41, 5.74) is 1.94. The van der Waals surface area contributed by atoms with Gasteiger partial charge in [0.1, 0.15) is 0 Å². The summed E-state index contributed by atoms with van der Waals surface area (Å²) in [6, 6.07) is 21.5. The van der Waals surface area contributed by atoms with Gasteiger partial charge in [-0.2, -0.15) is 0 Å². The average molecular weight is 517 g/mol. The van der Waals surface area contributed by atoms with Crippen LogP contribution in [0.4, 0.5) is 0 Å². The first kappa shape index (κ1) is 26.6. The Kier molecular flexibility index (Phi) is 10.2. The number of hydrogen-bond donors (Lipinski definition) is 0. The van der Waals surface area contributed by atoms with Gasteiger partial charge in [0.05, 0.1) is 4.70 Å². The van der Waals surface area contributed by atoms with Crippen LogP contribution in [0.5, 0.6) is 0 Å². The van der Waals surface area contributed by atoms with Crippen molar-refractivity contribution in [3.8, 4) is 0 Å². The fourth-order valence-electron chi connectivity index (χ4n) is 4.69. The molecule has 1 heterocycles. The molecule has 4 rings (SSSR count). The number of thioether (sulfide) groups is 1. The zero-order valence-corrected chi connectivity index (χ0v) is 22.9. The molecule has 1 aromatic heterocycles. The number of unbranched alkanes of at least 4 members (excludes halogenated alkanes) is 9. The zero-order valence-electron chi connectivity index (χ0n) is 21.3. The van der Waals surface area contributed by atoms with Gasteiger partial charge in [0.2, 0.25) is 5.12 Å². The summed E-state index contributed by atoms with van der Waals surface area (Å²) in [5.74, 6) is 0. The van der Waals surface area contributed by atoms with Gasteiger partial charge in [-0.3, -0.25) is 9.59 Å². The highest BCUT2D eigenvalue weighted by Gasteiger charge is 2.15. The SMILES string of the molecule is CCCCCCCCCCCCc1ccc(SC(=O)c2cccc3c(=O)c4ccccc4sc23)cc1. The van der Waals surface area contributed by atoms with Crippen molar-refractivity contribution in [3.63, 3.8) is 0 Å². The van der Waals surface area contributed by atoms with Crippen LogP contribution in [0.3, 0.4) is 0 Å². The minimum Gasteiger partial charge on any atom is -0.289 e. The molecule has 0 spiro atoms. The van der Waals surface area contributed by atoms with Gasteiger partial charge in [0, 0.05) is 25.9 Å². The fraction of sp³-hybridized carbons (Fsp3) is 0.375. The number of rotatable bonds is 13. The quantitative estimate of drug-likeness (QED) is 0.101. The summed E-state index contributed by atoms with van der Waals surface area (Å²) in [4.78, 5) is 27.1. The highest BCUT2D eigenvalue weighted by Crippen LogP contribution is 2.32. The Morgan fingerprint density at radius 2 is 1.36 bits per heavy atom. The fourth-order valence-corrected chi connectivity index (χ4v) is 6.70. The van der Waals surface area contributed by atoms with Gasteiger partial charge in [-0.25, -0.2) is 0 Å². The van der Waals surface area contributed by atoms with E-state index in [2.05, 4.69) is 31.2 Å². The summed E-state index contributed by atoms with van der Waals surface area (Å²) < 4.78 is 1.69. The molecule has 3 aromatic carbocycles. The normalized spacial score (nSPS) is 11.4. The number of aryl methyl sites for hydroxylation is 1. The molecule has 0 aliphatic heterocycles. The van der Waals surface area contributed by atoms with Crippen LogP contribution in [-0.4, -0.2) is 5.12 Å². The Bertz CT molecular complexity index is 1340. The van der Waals surface area contributed by atoms with Crippen LogP contribution in [0.2, 0.25) is 0 Å². The molecule has 36 heavy (non-hydrogen) atoms. The number of fused-ring (bicyclic) bond motifs is 2. The van der Waals surface area contributed by atoms with Gasteiger partial charge in [-0.1, -0.05) is 95.0 Å². The molecule has 0 atom stereocenters. The van der Waals surface area contributed by atoms with Crippen LogP contribution >= 0.6 is 23.1 Å². The Morgan fingerprint density at radius 1 is 0.722 bits per heavy atom. The van der Waals surface area contributed by atoms with Crippen molar-refractivity contribution in [2.75, 3.05) is 0 Å². The minimum atomic E-state index is -0.0195. The first-order valence-corrected chi connectivity index (χ1v) is 15.1. The highest BCUT2D eigenvalue weighted by molar-refractivity contribution is 8.14. The summed E-state index contributed by atoms with van der Waals surface area (Å²) in [6.07, 6.45) is 14.6. The van der Waals surface area contributed by atoms with Gasteiger partial charge in [-0.05, 0) is 66.6 Å². The van der Waals surface area contributed by atoms with E-state index in [9.17, 15) is 9.59 Å². The van der Waals surface area contributed by atoms with Crippen molar-refractivity contribution in [1.82, 2.24) is 0 Å². The van der Waals surface area contributed by atoms with E-state index in [1.807, 2.05) is 42.5 Å². The lowest BCUT2D eigenvalue weighted by molar-refractivity contribution is 0.109. The molecule has 0 aliphatic rings. The van der Waals surface area contributed by atoms with Gasteiger partial charge in [0.15, 0.2) is 5.43 Å². The maximum Gasteiger partial charge on any atom is 0.225 e. The lowest BCUT2D eigenvalue weighted by Crippen LogP contribution is -2.03. The lowest BCUT2D eigenvalue weighted by Gasteiger charge is -2.07. The third kappa shape index (κ3) is 7.08. The molecule has 0 N–H and O–H groups in total. The van der Waals surface area contributed by atoms with E-state index in [1.54, 1.807) is 0 Å². The second-order valence-corrected chi connectivity index (χ2v) is 11.7. The predicted molar refractivity (Wildman–Crippen MR) is 158 cm³/mol. The first-order chi connectivity index (χ1) is 17.7. The second kappa shape index (κ2) is 13.8. The zero-order chi connectivity index (χ0) is 25.2. The van der Waals surface area contributed by atoms with Crippen LogP contribution in [-0.2, 0) is 6.42 Å². The summed E-state index contributed by atoms with van der Waals surface area (Å²) in [7, 11) is 0. The Balaban J connectivity index is 1.29. The molecule has 0 aliphatic carbocycles. The Hall–Kier alpha value is -2.43. The molecule has 4 aromatic rings. The molecule has 0 saturated heterocycles. The van der Waals surface area contributed by atoms with Gasteiger partial charge in [0.25, 0.3) is 0 Å². The van der Waals surface area contributed by atoms with E-state index in [0.717, 1.165) is 20.7 Å². The predicted octanol–water partition coefficient (Wildman–Crippen LogP) is 9.81. The molecule has 0 saturated carbocycles. The first-order valence-electron chi connectivity index (χ1n) is 13.4. The van der Waals surface area contributed by atoms with Crippen LogP contribution in [0.1, 0.15) is 87.1 Å². The molecular formula is C32H36O2S2. The third-order valence-corrected chi connectivity index (χ3v) is 8.91. The van der Waals surface area contributed by atoms with Crippen molar-refractivity contribution in [2.45, 2.75) is 82.4 Å². The molecule has 4 heteroatoms. The molecule has 0 amide bonds. The van der Waals surface area contributed by atoms with Crippen molar-refractivity contribution in [2.24, 2.45) is 0 Å². The van der Waals surface area contributed by atoms with Crippen LogP contribution in [0.15, 0.2) is 76.4 Å². The van der Waals surface area contributed by atoms with Gasteiger partial charge in [-0.15, -0.1) is 11.3 Å². The molecular weight excluding hydrogens is 480 g/mol. The topological polar surface area (TPSA) is 34.1 Å². The van der Waals surface area contributed by atoms with Crippen LogP contribution in [0.25, 0.3) is 20.2 Å².